The van der Waals surface area contributed by atoms with Crippen LogP contribution in [0, 0.1) is 6.92 Å². The maximum atomic E-state index is 5.62. The van der Waals surface area contributed by atoms with Crippen LogP contribution in [0.1, 0.15) is 43.6 Å². The third kappa shape index (κ3) is 5.06. The molecule has 0 saturated heterocycles. The number of furan rings is 2. The fraction of sp³-hybridized carbons (Fsp3) is 0.529. The zero-order valence-corrected chi connectivity index (χ0v) is 13.7. The largest absolute Gasteiger partial charge is 0.468 e. The van der Waals surface area contributed by atoms with E-state index >= 15 is 0 Å². The molecular weight excluding hydrogens is 264 g/mol. The standard InChI is InChI=1S/C17H26N2O2/c1-13-6-7-15(21-13)12-19(5)11-14-8-9-20-16(14)10-18-17(2,3)4/h6-9,18H,10-12H2,1-5H3. The fourth-order valence-electron chi connectivity index (χ4n) is 2.19. The van der Waals surface area contributed by atoms with Gasteiger partial charge in [0, 0.05) is 17.6 Å². The van der Waals surface area contributed by atoms with Crippen molar-refractivity contribution in [3.63, 3.8) is 0 Å². The number of hydrogen-bond acceptors (Lipinski definition) is 4. The lowest BCUT2D eigenvalue weighted by Crippen LogP contribution is -2.35. The van der Waals surface area contributed by atoms with E-state index in [0.29, 0.717) is 0 Å². The molecule has 0 aliphatic carbocycles. The topological polar surface area (TPSA) is 41.6 Å². The van der Waals surface area contributed by atoms with Crippen LogP contribution >= 0.6 is 0 Å². The molecule has 0 atom stereocenters. The summed E-state index contributed by atoms with van der Waals surface area (Å²) in [6, 6.07) is 6.08. The second-order valence-corrected chi connectivity index (χ2v) is 6.66. The Labute approximate surface area is 127 Å². The fourth-order valence-corrected chi connectivity index (χ4v) is 2.19. The average molecular weight is 290 g/mol. The summed E-state index contributed by atoms with van der Waals surface area (Å²) in [5, 5.41) is 3.46. The monoisotopic (exact) mass is 290 g/mol. The Morgan fingerprint density at radius 2 is 1.90 bits per heavy atom. The van der Waals surface area contributed by atoms with Crippen molar-refractivity contribution in [1.29, 1.82) is 0 Å². The molecule has 0 radical (unpaired) electrons. The van der Waals surface area contributed by atoms with Gasteiger partial charge in [0.05, 0.1) is 19.4 Å². The first-order valence-electron chi connectivity index (χ1n) is 7.37. The SMILES string of the molecule is Cc1ccc(CN(C)Cc2ccoc2CNC(C)(C)C)o1. The third-order valence-corrected chi connectivity index (χ3v) is 3.28. The minimum atomic E-state index is 0.0850. The number of nitrogens with one attached hydrogen (secondary N) is 1. The lowest BCUT2D eigenvalue weighted by Gasteiger charge is -2.20. The van der Waals surface area contributed by atoms with Crippen molar-refractivity contribution < 1.29 is 8.83 Å². The molecule has 2 heterocycles. The Balaban J connectivity index is 1.92. The van der Waals surface area contributed by atoms with Crippen molar-refractivity contribution in [3.05, 3.63) is 47.3 Å². The molecule has 2 aromatic rings. The van der Waals surface area contributed by atoms with Gasteiger partial charge in [0.1, 0.15) is 17.3 Å². The molecule has 1 N–H and O–H groups in total. The molecule has 4 nitrogen and oxygen atoms in total. The molecule has 0 aliphatic heterocycles. The summed E-state index contributed by atoms with van der Waals surface area (Å²) in [7, 11) is 2.09. The molecule has 2 rings (SSSR count). The normalized spacial score (nSPS) is 12.3. The first-order valence-corrected chi connectivity index (χ1v) is 7.37. The van der Waals surface area contributed by atoms with E-state index in [1.54, 1.807) is 6.26 Å². The Bertz CT molecular complexity index is 563. The number of nitrogens with zero attached hydrogens (tertiary/aromatic N) is 1. The van der Waals surface area contributed by atoms with Gasteiger partial charge in [-0.2, -0.15) is 0 Å². The Morgan fingerprint density at radius 1 is 1.14 bits per heavy atom. The predicted octanol–water partition coefficient (Wildman–Crippen LogP) is 3.70. The third-order valence-electron chi connectivity index (χ3n) is 3.28. The van der Waals surface area contributed by atoms with Crippen molar-refractivity contribution >= 4 is 0 Å². The lowest BCUT2D eigenvalue weighted by molar-refractivity contribution is 0.281. The molecule has 0 aromatic carbocycles. The molecule has 4 heteroatoms. The van der Waals surface area contributed by atoms with E-state index in [4.69, 9.17) is 8.83 Å². The molecule has 116 valence electrons. The van der Waals surface area contributed by atoms with Crippen molar-refractivity contribution in [2.24, 2.45) is 0 Å². The van der Waals surface area contributed by atoms with Crippen molar-refractivity contribution in [3.8, 4) is 0 Å². The zero-order chi connectivity index (χ0) is 15.5. The van der Waals surface area contributed by atoms with Gasteiger partial charge in [-0.15, -0.1) is 0 Å². The van der Waals surface area contributed by atoms with Crippen LogP contribution in [-0.4, -0.2) is 17.5 Å². The van der Waals surface area contributed by atoms with Gasteiger partial charge in [0.25, 0.3) is 0 Å². The van der Waals surface area contributed by atoms with Crippen LogP contribution in [0.25, 0.3) is 0 Å². The minimum Gasteiger partial charge on any atom is -0.468 e. The quantitative estimate of drug-likeness (QED) is 0.880. The van der Waals surface area contributed by atoms with E-state index < -0.39 is 0 Å². The maximum absolute atomic E-state index is 5.62. The molecule has 21 heavy (non-hydrogen) atoms. The van der Waals surface area contributed by atoms with Crippen LogP contribution in [-0.2, 0) is 19.6 Å². The van der Waals surface area contributed by atoms with Crippen LogP contribution in [0.2, 0.25) is 0 Å². The highest BCUT2D eigenvalue weighted by Gasteiger charge is 2.14. The van der Waals surface area contributed by atoms with Crippen LogP contribution < -0.4 is 5.32 Å². The van der Waals surface area contributed by atoms with Crippen LogP contribution in [0.15, 0.2) is 33.3 Å². The molecular formula is C17H26N2O2. The summed E-state index contributed by atoms with van der Waals surface area (Å²) in [5.41, 5.74) is 1.30. The second-order valence-electron chi connectivity index (χ2n) is 6.66. The molecule has 0 bridgehead atoms. The number of rotatable bonds is 6. The summed E-state index contributed by atoms with van der Waals surface area (Å²) >= 11 is 0. The summed E-state index contributed by atoms with van der Waals surface area (Å²) in [5.74, 6) is 2.96. The Kier molecular flexibility index (Phi) is 4.91. The van der Waals surface area contributed by atoms with E-state index in [2.05, 4.69) is 38.0 Å². The molecule has 0 amide bonds. The van der Waals surface area contributed by atoms with Crippen LogP contribution in [0.4, 0.5) is 0 Å². The Morgan fingerprint density at radius 3 is 2.52 bits per heavy atom. The highest BCUT2D eigenvalue weighted by atomic mass is 16.3. The van der Waals surface area contributed by atoms with Gasteiger partial charge in [-0.05, 0) is 52.9 Å². The number of hydrogen-bond donors (Lipinski definition) is 1. The second kappa shape index (κ2) is 6.50. The van der Waals surface area contributed by atoms with Gasteiger partial charge < -0.3 is 14.2 Å². The van der Waals surface area contributed by atoms with E-state index in [0.717, 1.165) is 36.9 Å². The van der Waals surface area contributed by atoms with E-state index in [1.807, 2.05) is 25.1 Å². The smallest absolute Gasteiger partial charge is 0.122 e. The average Bonchev–Trinajstić information content (AvgIpc) is 2.95. The maximum Gasteiger partial charge on any atom is 0.122 e. The van der Waals surface area contributed by atoms with Crippen LogP contribution in [0.5, 0.6) is 0 Å². The molecule has 0 unspecified atom stereocenters. The van der Waals surface area contributed by atoms with Crippen molar-refractivity contribution in [2.75, 3.05) is 7.05 Å². The van der Waals surface area contributed by atoms with Crippen molar-refractivity contribution in [1.82, 2.24) is 10.2 Å². The highest BCUT2D eigenvalue weighted by molar-refractivity contribution is 5.17. The molecule has 2 aromatic heterocycles. The predicted molar refractivity (Wildman–Crippen MR) is 83.9 cm³/mol. The van der Waals surface area contributed by atoms with E-state index in [1.165, 1.54) is 5.56 Å². The van der Waals surface area contributed by atoms with Crippen LogP contribution in [0.3, 0.4) is 0 Å². The summed E-state index contributed by atoms with van der Waals surface area (Å²) in [6.45, 7) is 10.8. The minimum absolute atomic E-state index is 0.0850. The molecule has 0 saturated carbocycles. The van der Waals surface area contributed by atoms with E-state index in [9.17, 15) is 0 Å². The van der Waals surface area contributed by atoms with Gasteiger partial charge in [0.2, 0.25) is 0 Å². The Hall–Kier alpha value is -1.52. The first-order chi connectivity index (χ1) is 9.83. The van der Waals surface area contributed by atoms with Crippen molar-refractivity contribution in [2.45, 2.75) is 52.9 Å². The van der Waals surface area contributed by atoms with E-state index in [-0.39, 0.29) is 5.54 Å². The number of aryl methyl sites for hydroxylation is 1. The zero-order valence-electron chi connectivity index (χ0n) is 13.7. The molecule has 0 fully saturated rings. The van der Waals surface area contributed by atoms with Gasteiger partial charge in [-0.25, -0.2) is 0 Å². The molecule has 0 spiro atoms. The highest BCUT2D eigenvalue weighted by Crippen LogP contribution is 2.16. The van der Waals surface area contributed by atoms with Gasteiger partial charge in [0.15, 0.2) is 0 Å². The lowest BCUT2D eigenvalue weighted by atomic mass is 10.1. The summed E-state index contributed by atoms with van der Waals surface area (Å²) in [4.78, 5) is 2.23. The summed E-state index contributed by atoms with van der Waals surface area (Å²) < 4.78 is 11.2. The summed E-state index contributed by atoms with van der Waals surface area (Å²) in [6.07, 6.45) is 1.76. The van der Waals surface area contributed by atoms with Gasteiger partial charge in [-0.1, -0.05) is 0 Å². The first kappa shape index (κ1) is 15.9. The van der Waals surface area contributed by atoms with Gasteiger partial charge in [-0.3, -0.25) is 4.90 Å². The molecule has 0 aliphatic rings. The van der Waals surface area contributed by atoms with Gasteiger partial charge >= 0.3 is 0 Å².